The molecule has 2 N–H and O–H groups in total. The van der Waals surface area contributed by atoms with Crippen LogP contribution in [0, 0.1) is 0 Å². The van der Waals surface area contributed by atoms with E-state index in [4.69, 9.17) is 16.1 Å². The van der Waals surface area contributed by atoms with Gasteiger partial charge >= 0.3 is 0 Å². The number of hydrogen-bond donors (Lipinski definition) is 2. The number of nitrogens with zero attached hydrogens (tertiary/aromatic N) is 3. The van der Waals surface area contributed by atoms with Crippen LogP contribution in [0.25, 0.3) is 0 Å². The minimum absolute atomic E-state index is 0.354. The molecule has 0 fully saturated rings. The average Bonchev–Trinajstić information content (AvgIpc) is 3.01. The normalized spacial score (nSPS) is 11.8. The fraction of sp³-hybridized carbons (Fsp3) is 0.438. The number of halogens is 1. The summed E-state index contributed by atoms with van der Waals surface area (Å²) in [5.41, 5.74) is 1.95. The van der Waals surface area contributed by atoms with E-state index in [2.05, 4.69) is 39.6 Å². The van der Waals surface area contributed by atoms with E-state index in [9.17, 15) is 0 Å². The summed E-state index contributed by atoms with van der Waals surface area (Å²) in [7, 11) is 0. The molecular weight excluding hydrogens is 314 g/mol. The highest BCUT2D eigenvalue weighted by atomic mass is 35.5. The Hall–Kier alpha value is -2.08. The maximum absolute atomic E-state index is 5.78. The maximum atomic E-state index is 5.78. The lowest BCUT2D eigenvalue weighted by Gasteiger charge is -2.09. The SMILES string of the molecule is CCNC(=NCc1ccc(Cl)nc1)NCc1cc(C(C)C)no1. The van der Waals surface area contributed by atoms with Crippen molar-refractivity contribution < 1.29 is 4.52 Å². The van der Waals surface area contributed by atoms with Crippen molar-refractivity contribution in [2.75, 3.05) is 6.54 Å². The molecule has 0 aliphatic heterocycles. The monoisotopic (exact) mass is 335 g/mol. The number of aliphatic imine (C=N–C) groups is 1. The van der Waals surface area contributed by atoms with Gasteiger partial charge in [-0.1, -0.05) is 36.7 Å². The smallest absolute Gasteiger partial charge is 0.191 e. The van der Waals surface area contributed by atoms with Crippen molar-refractivity contribution in [2.24, 2.45) is 4.99 Å². The highest BCUT2D eigenvalue weighted by Crippen LogP contribution is 2.13. The van der Waals surface area contributed by atoms with E-state index in [1.165, 1.54) is 0 Å². The molecule has 0 aliphatic rings. The number of hydrogen-bond acceptors (Lipinski definition) is 4. The molecule has 0 saturated heterocycles. The summed E-state index contributed by atoms with van der Waals surface area (Å²) in [6, 6.07) is 5.63. The first-order chi connectivity index (χ1) is 11.1. The van der Waals surface area contributed by atoms with Gasteiger partial charge in [-0.05, 0) is 24.5 Å². The van der Waals surface area contributed by atoms with Gasteiger partial charge in [0.25, 0.3) is 0 Å². The Labute approximate surface area is 141 Å². The number of rotatable bonds is 6. The quantitative estimate of drug-likeness (QED) is 0.482. The van der Waals surface area contributed by atoms with E-state index in [-0.39, 0.29) is 0 Å². The van der Waals surface area contributed by atoms with Gasteiger partial charge in [-0.2, -0.15) is 0 Å². The van der Waals surface area contributed by atoms with Crippen molar-refractivity contribution in [3.05, 3.63) is 46.6 Å². The van der Waals surface area contributed by atoms with Crippen LogP contribution in [-0.4, -0.2) is 22.6 Å². The van der Waals surface area contributed by atoms with Crippen LogP contribution in [0.3, 0.4) is 0 Å². The summed E-state index contributed by atoms with van der Waals surface area (Å²) >= 11 is 5.78. The predicted octanol–water partition coefficient (Wildman–Crippen LogP) is 3.10. The average molecular weight is 336 g/mol. The first-order valence-electron chi connectivity index (χ1n) is 7.66. The topological polar surface area (TPSA) is 75.3 Å². The van der Waals surface area contributed by atoms with Crippen molar-refractivity contribution >= 4 is 17.6 Å². The largest absolute Gasteiger partial charge is 0.359 e. The van der Waals surface area contributed by atoms with Gasteiger partial charge < -0.3 is 15.2 Å². The van der Waals surface area contributed by atoms with Crippen LogP contribution >= 0.6 is 11.6 Å². The van der Waals surface area contributed by atoms with E-state index in [0.29, 0.717) is 30.1 Å². The Morgan fingerprint density at radius 1 is 1.35 bits per heavy atom. The second kappa shape index (κ2) is 8.53. The van der Waals surface area contributed by atoms with Gasteiger partial charge in [0, 0.05) is 18.8 Å². The van der Waals surface area contributed by atoms with Gasteiger partial charge in [0.05, 0.1) is 18.8 Å². The minimum Gasteiger partial charge on any atom is -0.359 e. The van der Waals surface area contributed by atoms with Crippen LogP contribution in [0.5, 0.6) is 0 Å². The molecule has 0 radical (unpaired) electrons. The summed E-state index contributed by atoms with van der Waals surface area (Å²) in [4.78, 5) is 8.57. The van der Waals surface area contributed by atoms with E-state index in [1.807, 2.05) is 19.1 Å². The molecule has 2 aromatic rings. The third-order valence-corrected chi connectivity index (χ3v) is 3.37. The fourth-order valence-corrected chi connectivity index (χ4v) is 1.98. The second-order valence-electron chi connectivity index (χ2n) is 5.41. The second-order valence-corrected chi connectivity index (χ2v) is 5.80. The minimum atomic E-state index is 0.354. The first-order valence-corrected chi connectivity index (χ1v) is 8.04. The van der Waals surface area contributed by atoms with Gasteiger partial charge in [-0.3, -0.25) is 0 Å². The molecule has 2 aromatic heterocycles. The van der Waals surface area contributed by atoms with Gasteiger partial charge in [0.1, 0.15) is 5.15 Å². The van der Waals surface area contributed by atoms with Crippen LogP contribution in [0.2, 0.25) is 5.15 Å². The van der Waals surface area contributed by atoms with Crippen molar-refractivity contribution in [3.63, 3.8) is 0 Å². The Bertz CT molecular complexity index is 636. The van der Waals surface area contributed by atoms with Gasteiger partial charge in [0.15, 0.2) is 11.7 Å². The zero-order valence-corrected chi connectivity index (χ0v) is 14.4. The van der Waals surface area contributed by atoms with Crippen LogP contribution in [0.4, 0.5) is 0 Å². The third kappa shape index (κ3) is 5.56. The highest BCUT2D eigenvalue weighted by molar-refractivity contribution is 6.29. The molecule has 2 heterocycles. The van der Waals surface area contributed by atoms with Crippen LogP contribution in [-0.2, 0) is 13.1 Å². The lowest BCUT2D eigenvalue weighted by molar-refractivity contribution is 0.372. The van der Waals surface area contributed by atoms with Crippen molar-refractivity contribution in [3.8, 4) is 0 Å². The molecule has 7 heteroatoms. The van der Waals surface area contributed by atoms with E-state index < -0.39 is 0 Å². The molecule has 0 saturated carbocycles. The van der Waals surface area contributed by atoms with Crippen LogP contribution in [0.1, 0.15) is 43.7 Å². The number of pyridine rings is 1. The van der Waals surface area contributed by atoms with Crippen molar-refractivity contribution in [2.45, 2.75) is 39.8 Å². The van der Waals surface area contributed by atoms with Gasteiger partial charge in [-0.25, -0.2) is 9.98 Å². The van der Waals surface area contributed by atoms with E-state index in [1.54, 1.807) is 12.3 Å². The molecule has 0 atom stereocenters. The molecule has 0 spiro atoms. The summed E-state index contributed by atoms with van der Waals surface area (Å²) in [5, 5.41) is 10.9. The third-order valence-electron chi connectivity index (χ3n) is 3.15. The standard InChI is InChI=1S/C16H22ClN5O/c1-4-18-16(20-9-12-5-6-15(17)19-8-12)21-10-13-7-14(11(2)3)22-23-13/h5-8,11H,4,9-10H2,1-3H3,(H2,18,20,21). The molecule has 124 valence electrons. The van der Waals surface area contributed by atoms with E-state index in [0.717, 1.165) is 23.6 Å². The summed E-state index contributed by atoms with van der Waals surface area (Å²) < 4.78 is 5.31. The van der Waals surface area contributed by atoms with Crippen LogP contribution < -0.4 is 10.6 Å². The molecular formula is C16H22ClN5O. The number of aromatic nitrogens is 2. The fourth-order valence-electron chi connectivity index (χ4n) is 1.87. The van der Waals surface area contributed by atoms with E-state index >= 15 is 0 Å². The lowest BCUT2D eigenvalue weighted by Crippen LogP contribution is -2.36. The van der Waals surface area contributed by atoms with Crippen LogP contribution in [0.15, 0.2) is 33.9 Å². The molecule has 0 amide bonds. The summed E-state index contributed by atoms with van der Waals surface area (Å²) in [6.45, 7) is 8.02. The molecule has 0 aliphatic carbocycles. The number of nitrogens with one attached hydrogen (secondary N) is 2. The Morgan fingerprint density at radius 3 is 2.78 bits per heavy atom. The van der Waals surface area contributed by atoms with Crippen molar-refractivity contribution in [1.29, 1.82) is 0 Å². The summed E-state index contributed by atoms with van der Waals surface area (Å²) in [5.74, 6) is 1.85. The first kappa shape index (κ1) is 17.3. The predicted molar refractivity (Wildman–Crippen MR) is 91.5 cm³/mol. The Kier molecular flexibility index (Phi) is 6.40. The highest BCUT2D eigenvalue weighted by Gasteiger charge is 2.08. The zero-order chi connectivity index (χ0) is 16.7. The lowest BCUT2D eigenvalue weighted by atomic mass is 10.1. The van der Waals surface area contributed by atoms with Gasteiger partial charge in [-0.15, -0.1) is 0 Å². The Morgan fingerprint density at radius 2 is 2.17 bits per heavy atom. The zero-order valence-electron chi connectivity index (χ0n) is 13.6. The maximum Gasteiger partial charge on any atom is 0.191 e. The summed E-state index contributed by atoms with van der Waals surface area (Å²) in [6.07, 6.45) is 1.72. The molecule has 23 heavy (non-hydrogen) atoms. The molecule has 0 bridgehead atoms. The van der Waals surface area contributed by atoms with Crippen molar-refractivity contribution in [1.82, 2.24) is 20.8 Å². The Balaban J connectivity index is 1.94. The molecule has 2 rings (SSSR count). The molecule has 6 nitrogen and oxygen atoms in total. The molecule has 0 unspecified atom stereocenters. The number of guanidine groups is 1. The van der Waals surface area contributed by atoms with Gasteiger partial charge in [0.2, 0.25) is 0 Å². The molecule has 0 aromatic carbocycles.